The summed E-state index contributed by atoms with van der Waals surface area (Å²) >= 11 is 7.45. The molecule has 0 radical (unpaired) electrons. The van der Waals surface area contributed by atoms with Crippen LogP contribution in [0.1, 0.15) is 25.0 Å². The minimum Gasteiger partial charge on any atom is -0.310 e. The lowest BCUT2D eigenvalue weighted by atomic mass is 9.82. The van der Waals surface area contributed by atoms with Crippen molar-refractivity contribution in [1.29, 1.82) is 0 Å². The summed E-state index contributed by atoms with van der Waals surface area (Å²) in [6.07, 6.45) is 0. The molecule has 0 aliphatic heterocycles. The van der Waals surface area contributed by atoms with Crippen LogP contribution < -0.4 is 14.7 Å². The van der Waals surface area contributed by atoms with Gasteiger partial charge in [-0.05, 0) is 263 Å². The van der Waals surface area contributed by atoms with Gasteiger partial charge in [0.05, 0.1) is 50.2 Å². The van der Waals surface area contributed by atoms with Crippen LogP contribution in [0.3, 0.4) is 0 Å². The van der Waals surface area contributed by atoms with Crippen LogP contribution in [0.5, 0.6) is 0 Å². The lowest BCUT2D eigenvalue weighted by Crippen LogP contribution is -2.16. The van der Waals surface area contributed by atoms with Crippen molar-refractivity contribution >= 4 is 243 Å². The number of fused-ring (bicyclic) bond motifs is 24. The first-order valence-corrected chi connectivity index (χ1v) is 52.8. The first-order valence-electron chi connectivity index (χ1n) is 49.5. The van der Waals surface area contributed by atoms with Crippen molar-refractivity contribution in [3.8, 4) is 50.4 Å². The second-order valence-corrected chi connectivity index (χ2v) is 42.4. The molecule has 6 nitrogen and oxygen atoms in total. The Morgan fingerprint density at radius 3 is 0.841 bits per heavy atom. The lowest BCUT2D eigenvalue weighted by molar-refractivity contribution is 0.660. The van der Waals surface area contributed by atoms with Gasteiger partial charge >= 0.3 is 0 Å². The number of thiophene rings is 4. The molecule has 0 bridgehead atoms. The third kappa shape index (κ3) is 14.4. The summed E-state index contributed by atoms with van der Waals surface area (Å²) in [6, 6.07) is 186. The zero-order valence-electron chi connectivity index (χ0n) is 79.3. The predicted octanol–water partition coefficient (Wildman–Crippen LogP) is 39.9. The lowest BCUT2D eigenvalue weighted by Gasteiger charge is -2.28. The first kappa shape index (κ1) is 85.5. The molecule has 145 heavy (non-hydrogen) atoms. The normalized spacial score (nSPS) is 12.3. The van der Waals surface area contributed by atoms with Crippen LogP contribution in [0.25, 0.3) is 197 Å². The zero-order valence-corrected chi connectivity index (χ0v) is 82.6. The van der Waals surface area contributed by atoms with E-state index in [2.05, 4.69) is 552 Å². The maximum absolute atomic E-state index is 2.45. The Morgan fingerprint density at radius 2 is 0.455 bits per heavy atom. The van der Waals surface area contributed by atoms with Crippen molar-refractivity contribution < 1.29 is 0 Å². The number of anilines is 9. The van der Waals surface area contributed by atoms with E-state index in [1.807, 2.05) is 45.3 Å². The van der Waals surface area contributed by atoms with Crippen molar-refractivity contribution in [3.63, 3.8) is 0 Å². The van der Waals surface area contributed by atoms with Gasteiger partial charge in [0.1, 0.15) is 0 Å². The van der Waals surface area contributed by atoms with Gasteiger partial charge in [0, 0.05) is 170 Å². The van der Waals surface area contributed by atoms with Crippen molar-refractivity contribution in [2.45, 2.75) is 19.3 Å². The van der Waals surface area contributed by atoms with Crippen LogP contribution in [-0.2, 0) is 5.41 Å². The quantitative estimate of drug-likeness (QED) is 0.108. The molecular formula is C135H90N6S4. The maximum Gasteiger partial charge on any atom is 0.0562 e. The van der Waals surface area contributed by atoms with Gasteiger partial charge in [-0.2, -0.15) is 0 Å². The van der Waals surface area contributed by atoms with Crippen molar-refractivity contribution in [3.05, 3.63) is 521 Å². The molecule has 22 aromatic carbocycles. The number of aromatic nitrogens is 3. The van der Waals surface area contributed by atoms with Crippen molar-refractivity contribution in [2.24, 2.45) is 0 Å². The average molecular weight is 1920 g/mol. The standard InChI is InChI=1S/C48H32N2S.C45H32N2S.C42H26N2S2/c1-4-15-33(16-5-1)35-29-36(34-17-6-2-7-18-34)31-39(30-35)49(37-19-8-3-9-20-37)44-24-14-25-45-48(44)41-22-10-12-23-43(41)50(45)38-27-28-47-42(32-38)40-21-11-13-26-46(40)51-47;1-45(2)37-18-9-6-15-32(37)33-25-23-31(28-38(33)45)46(29-13-4-3-5-14-29)40-20-12-21-41-44(40)35-17-7-10-19-39(35)47(41)30-24-26-43-36(27-30)34-16-8-11-22-42(34)48-43;1-2-11-27(12-3-1)43(28-21-23-40-33(25-28)30-13-5-8-19-38(30)45-40)36-17-10-18-37-42(36)32-15-4-7-16-35(32)44(37)29-22-24-41-34(26-29)31-14-6-9-20-39(31)46-41/h1-32H;3-28H,1-2H3;1-26H. The summed E-state index contributed by atoms with van der Waals surface area (Å²) in [5, 5.41) is 17.9. The van der Waals surface area contributed by atoms with E-state index in [0.29, 0.717) is 0 Å². The molecule has 10 heteroatoms. The SMILES string of the molecule is CC1(C)c2ccccc2-c2ccc(N(c3ccccc3)c3cccc4c3c3ccccc3n4-c3ccc4sc5ccccc5c4c3)cc21.c1ccc(-c2cc(-c3ccccc3)cc(N(c3ccccc3)c3cccc4c3c3ccccc3n4-c3ccc4sc5ccccc5c4c3)c2)cc1.c1ccc(N(c2ccc3sc4ccccc4c3c2)c2cccc3c2c2ccccc2n3-c2ccc3sc4ccccc4c3c2)cc1. The van der Waals surface area contributed by atoms with Crippen LogP contribution >= 0.6 is 45.3 Å². The molecule has 1 aliphatic rings. The van der Waals surface area contributed by atoms with Gasteiger partial charge in [0.25, 0.3) is 0 Å². The van der Waals surface area contributed by atoms with E-state index in [1.165, 1.54) is 213 Å². The van der Waals surface area contributed by atoms with Gasteiger partial charge in [0.2, 0.25) is 0 Å². The van der Waals surface area contributed by atoms with Crippen LogP contribution in [0.2, 0.25) is 0 Å². The Bertz CT molecular complexity index is 10100. The fourth-order valence-corrected chi connectivity index (χ4v) is 27.3. The van der Waals surface area contributed by atoms with Gasteiger partial charge < -0.3 is 28.4 Å². The molecule has 30 rings (SSSR count). The molecule has 7 heterocycles. The Kier molecular flexibility index (Phi) is 20.7. The number of para-hydroxylation sites is 6. The minimum atomic E-state index is -0.0865. The Balaban J connectivity index is 0.000000106. The minimum absolute atomic E-state index is 0.0865. The van der Waals surface area contributed by atoms with E-state index in [9.17, 15) is 0 Å². The van der Waals surface area contributed by atoms with E-state index < -0.39 is 0 Å². The molecular weight excluding hydrogens is 1830 g/mol. The molecule has 0 N–H and O–H groups in total. The summed E-state index contributed by atoms with van der Waals surface area (Å²) in [7, 11) is 0. The molecule has 0 unspecified atom stereocenters. The Morgan fingerprint density at radius 1 is 0.172 bits per heavy atom. The predicted molar refractivity (Wildman–Crippen MR) is 626 cm³/mol. The summed E-state index contributed by atoms with van der Waals surface area (Å²) in [4.78, 5) is 7.32. The highest BCUT2D eigenvalue weighted by molar-refractivity contribution is 7.27. The Hall–Kier alpha value is -17.5. The molecule has 0 atom stereocenters. The fraction of sp³-hybridized carbons (Fsp3) is 0.0222. The zero-order chi connectivity index (χ0) is 95.9. The van der Waals surface area contributed by atoms with E-state index in [1.54, 1.807) is 0 Å². The highest BCUT2D eigenvalue weighted by atomic mass is 32.1. The van der Waals surface area contributed by atoms with Gasteiger partial charge in [-0.1, -0.05) is 305 Å². The van der Waals surface area contributed by atoms with E-state index in [4.69, 9.17) is 0 Å². The smallest absolute Gasteiger partial charge is 0.0562 e. The number of rotatable bonds is 14. The molecule has 0 spiro atoms. The third-order valence-corrected chi connectivity index (χ3v) is 34.1. The third-order valence-electron chi connectivity index (χ3n) is 29.5. The van der Waals surface area contributed by atoms with Gasteiger partial charge in [0.15, 0.2) is 0 Å². The molecule has 0 saturated heterocycles. The van der Waals surface area contributed by atoms with E-state index in [-0.39, 0.29) is 5.41 Å². The molecule has 0 saturated carbocycles. The Labute approximate surface area is 854 Å². The van der Waals surface area contributed by atoms with Gasteiger partial charge in [-0.15, -0.1) is 45.3 Å². The van der Waals surface area contributed by atoms with Crippen LogP contribution in [0, 0.1) is 0 Å². The van der Waals surface area contributed by atoms with Crippen LogP contribution in [0.15, 0.2) is 510 Å². The molecule has 29 aromatic rings. The average Bonchev–Trinajstić information content (AvgIpc) is 1.57. The van der Waals surface area contributed by atoms with E-state index in [0.717, 1.165) is 45.5 Å². The van der Waals surface area contributed by atoms with Crippen molar-refractivity contribution in [2.75, 3.05) is 14.7 Å². The second-order valence-electron chi connectivity index (χ2n) is 38.1. The topological polar surface area (TPSA) is 24.5 Å². The van der Waals surface area contributed by atoms with Gasteiger partial charge in [-0.3, -0.25) is 0 Å². The fourth-order valence-electron chi connectivity index (χ4n) is 23.0. The maximum atomic E-state index is 2.45. The van der Waals surface area contributed by atoms with E-state index >= 15 is 0 Å². The summed E-state index contributed by atoms with van der Waals surface area (Å²) in [6.45, 7) is 4.71. The van der Waals surface area contributed by atoms with Crippen molar-refractivity contribution in [1.82, 2.24) is 13.7 Å². The molecule has 7 aromatic heterocycles. The molecule has 0 amide bonds. The number of hydrogen-bond acceptors (Lipinski definition) is 7. The second kappa shape index (κ2) is 35.0. The number of hydrogen-bond donors (Lipinski definition) is 0. The molecule has 1 aliphatic carbocycles. The first-order chi connectivity index (χ1) is 71.7. The molecule has 0 fully saturated rings. The van der Waals surface area contributed by atoms with Crippen LogP contribution in [-0.4, -0.2) is 13.7 Å². The highest BCUT2D eigenvalue weighted by Gasteiger charge is 2.37. The summed E-state index contributed by atoms with van der Waals surface area (Å²) in [5.74, 6) is 0. The van der Waals surface area contributed by atoms with Gasteiger partial charge in [-0.25, -0.2) is 0 Å². The monoisotopic (exact) mass is 1920 g/mol. The highest BCUT2D eigenvalue weighted by Crippen LogP contribution is 2.55. The summed E-state index contributed by atoms with van der Waals surface area (Å²) in [5.41, 5.74) is 31.1. The summed E-state index contributed by atoms with van der Waals surface area (Å²) < 4.78 is 17.9. The number of benzene rings is 22. The number of nitrogens with zero attached hydrogens (tertiary/aromatic N) is 6. The van der Waals surface area contributed by atoms with Crippen LogP contribution in [0.4, 0.5) is 51.2 Å². The molecule has 684 valence electrons. The largest absolute Gasteiger partial charge is 0.310 e.